The van der Waals surface area contributed by atoms with Gasteiger partial charge in [0.25, 0.3) is 0 Å². The number of fused-ring (bicyclic) bond motifs is 1. The van der Waals surface area contributed by atoms with E-state index in [2.05, 4.69) is 59.2 Å². The van der Waals surface area contributed by atoms with Gasteiger partial charge in [-0.2, -0.15) is 0 Å². The van der Waals surface area contributed by atoms with Gasteiger partial charge in [-0.15, -0.1) is 0 Å². The summed E-state index contributed by atoms with van der Waals surface area (Å²) in [5, 5.41) is 2.63. The molecule has 1 aliphatic heterocycles. The molecule has 1 fully saturated rings. The second kappa shape index (κ2) is 9.33. The zero-order chi connectivity index (χ0) is 17.5. The largest absolute Gasteiger partial charge is 0.330 e. The van der Waals surface area contributed by atoms with Crippen molar-refractivity contribution in [3.8, 4) is 0 Å². The topological polar surface area (TPSA) is 32.5 Å². The number of nitrogens with two attached hydrogens (primary N) is 1. The summed E-state index contributed by atoms with van der Waals surface area (Å²) in [5.74, 6) is 0.427. The van der Waals surface area contributed by atoms with Crippen LogP contribution < -0.4 is 5.73 Å². The fraction of sp³-hybridized carbons (Fsp3) is 0.545. The van der Waals surface area contributed by atoms with Crippen molar-refractivity contribution in [2.45, 2.75) is 32.1 Å². The van der Waals surface area contributed by atoms with E-state index in [0.29, 0.717) is 5.92 Å². The monoisotopic (exact) mass is 339 g/mol. The Morgan fingerprint density at radius 1 is 0.920 bits per heavy atom. The Hall–Kier alpha value is -1.42. The Labute approximate surface area is 152 Å². The fourth-order valence-corrected chi connectivity index (χ4v) is 3.87. The Morgan fingerprint density at radius 3 is 2.36 bits per heavy atom. The maximum atomic E-state index is 6.14. The van der Waals surface area contributed by atoms with Gasteiger partial charge < -0.3 is 15.5 Å². The molecule has 3 nitrogen and oxygen atoms in total. The van der Waals surface area contributed by atoms with Crippen LogP contribution >= 0.6 is 0 Å². The van der Waals surface area contributed by atoms with Crippen molar-refractivity contribution >= 4 is 10.8 Å². The molecule has 1 saturated heterocycles. The molecule has 0 bridgehead atoms. The number of hydrogen-bond acceptors (Lipinski definition) is 3. The highest BCUT2D eigenvalue weighted by Crippen LogP contribution is 2.22. The van der Waals surface area contributed by atoms with E-state index in [0.717, 1.165) is 13.1 Å². The van der Waals surface area contributed by atoms with Gasteiger partial charge in [-0.1, -0.05) is 62.2 Å². The molecule has 0 spiro atoms. The van der Waals surface area contributed by atoms with Gasteiger partial charge in [0.15, 0.2) is 0 Å². The lowest BCUT2D eigenvalue weighted by atomic mass is 9.95. The molecule has 0 aromatic heterocycles. The van der Waals surface area contributed by atoms with E-state index < -0.39 is 0 Å². The maximum Gasteiger partial charge on any atom is 0.0110 e. The lowest BCUT2D eigenvalue weighted by Crippen LogP contribution is -2.48. The van der Waals surface area contributed by atoms with Gasteiger partial charge in [0, 0.05) is 45.2 Å². The molecule has 1 heterocycles. The molecular formula is C22H33N3. The van der Waals surface area contributed by atoms with E-state index in [1.807, 2.05) is 0 Å². The molecule has 0 radical (unpaired) electrons. The first-order valence-corrected chi connectivity index (χ1v) is 9.93. The van der Waals surface area contributed by atoms with Gasteiger partial charge in [-0.25, -0.2) is 0 Å². The van der Waals surface area contributed by atoms with Crippen molar-refractivity contribution in [1.29, 1.82) is 0 Å². The molecule has 1 atom stereocenters. The van der Waals surface area contributed by atoms with Crippen LogP contribution in [0.1, 0.15) is 37.7 Å². The highest BCUT2D eigenvalue weighted by molar-refractivity contribution is 5.83. The van der Waals surface area contributed by atoms with Gasteiger partial charge >= 0.3 is 0 Å². The number of unbranched alkanes of at least 4 members (excludes halogenated alkanes) is 2. The molecule has 3 rings (SSSR count). The molecule has 1 unspecified atom stereocenters. The standard InChI is InChI=1S/C22H33N3/c1-2-3-6-11-24-12-14-25(15-13-24)18-22(17-23)21-10-9-19-7-4-5-8-20(19)16-21/h4-5,7-10,16,22H,2-3,6,11-15,17-18,23H2,1H3. The molecule has 2 aromatic rings. The van der Waals surface area contributed by atoms with Crippen LogP contribution in [0.5, 0.6) is 0 Å². The van der Waals surface area contributed by atoms with Crippen molar-refractivity contribution in [3.05, 3.63) is 48.0 Å². The zero-order valence-electron chi connectivity index (χ0n) is 15.7. The zero-order valence-corrected chi connectivity index (χ0v) is 15.7. The number of rotatable bonds is 8. The molecule has 0 aliphatic carbocycles. The second-order valence-electron chi connectivity index (χ2n) is 7.39. The van der Waals surface area contributed by atoms with Crippen LogP contribution in [0.15, 0.2) is 42.5 Å². The summed E-state index contributed by atoms with van der Waals surface area (Å²) in [6, 6.07) is 15.4. The van der Waals surface area contributed by atoms with Gasteiger partial charge in [-0.3, -0.25) is 0 Å². The van der Waals surface area contributed by atoms with Crippen molar-refractivity contribution < 1.29 is 0 Å². The number of benzene rings is 2. The molecular weight excluding hydrogens is 306 g/mol. The number of piperazine rings is 1. The summed E-state index contributed by atoms with van der Waals surface area (Å²) < 4.78 is 0. The molecule has 0 amide bonds. The fourth-order valence-electron chi connectivity index (χ4n) is 3.87. The summed E-state index contributed by atoms with van der Waals surface area (Å²) in [6.45, 7) is 10.1. The Bertz CT molecular complexity index is 647. The first-order valence-electron chi connectivity index (χ1n) is 9.93. The van der Waals surface area contributed by atoms with Gasteiger partial charge in [0.2, 0.25) is 0 Å². The van der Waals surface area contributed by atoms with E-state index in [9.17, 15) is 0 Å². The third-order valence-corrected chi connectivity index (χ3v) is 5.55. The van der Waals surface area contributed by atoms with Gasteiger partial charge in [0.1, 0.15) is 0 Å². The highest BCUT2D eigenvalue weighted by atomic mass is 15.3. The average Bonchev–Trinajstić information content (AvgIpc) is 2.67. The summed E-state index contributed by atoms with van der Waals surface area (Å²) >= 11 is 0. The molecule has 136 valence electrons. The quantitative estimate of drug-likeness (QED) is 0.745. The van der Waals surface area contributed by atoms with Crippen LogP contribution in [0.2, 0.25) is 0 Å². The molecule has 2 aromatic carbocycles. The van der Waals surface area contributed by atoms with Crippen LogP contribution in [-0.2, 0) is 0 Å². The van der Waals surface area contributed by atoms with E-state index in [-0.39, 0.29) is 0 Å². The van der Waals surface area contributed by atoms with E-state index in [1.54, 1.807) is 0 Å². The molecule has 25 heavy (non-hydrogen) atoms. The smallest absolute Gasteiger partial charge is 0.0110 e. The lowest BCUT2D eigenvalue weighted by Gasteiger charge is -2.36. The predicted molar refractivity (Wildman–Crippen MR) is 108 cm³/mol. The number of nitrogens with zero attached hydrogens (tertiary/aromatic N) is 2. The summed E-state index contributed by atoms with van der Waals surface area (Å²) in [5.41, 5.74) is 7.52. The second-order valence-corrected chi connectivity index (χ2v) is 7.39. The van der Waals surface area contributed by atoms with Gasteiger partial charge in [-0.05, 0) is 29.3 Å². The summed E-state index contributed by atoms with van der Waals surface area (Å²) in [6.07, 6.45) is 4.01. The van der Waals surface area contributed by atoms with Crippen molar-refractivity contribution in [2.75, 3.05) is 45.8 Å². The van der Waals surface area contributed by atoms with Crippen LogP contribution in [0.25, 0.3) is 10.8 Å². The SMILES string of the molecule is CCCCCN1CCN(CC(CN)c2ccc3ccccc3c2)CC1. The maximum absolute atomic E-state index is 6.14. The average molecular weight is 340 g/mol. The third-order valence-electron chi connectivity index (χ3n) is 5.55. The minimum Gasteiger partial charge on any atom is -0.330 e. The normalized spacial score (nSPS) is 17.8. The number of hydrogen-bond donors (Lipinski definition) is 1. The predicted octanol–water partition coefficient (Wildman–Crippen LogP) is 3.69. The Balaban J connectivity index is 1.55. The van der Waals surface area contributed by atoms with Crippen molar-refractivity contribution in [1.82, 2.24) is 9.80 Å². The molecule has 2 N–H and O–H groups in total. The Morgan fingerprint density at radius 2 is 1.64 bits per heavy atom. The molecule has 1 aliphatic rings. The molecule has 0 saturated carbocycles. The first-order chi connectivity index (χ1) is 12.3. The third kappa shape index (κ3) is 5.04. The minimum absolute atomic E-state index is 0.427. The molecule has 3 heteroatoms. The first kappa shape index (κ1) is 18.4. The van der Waals surface area contributed by atoms with Crippen LogP contribution in [0.3, 0.4) is 0 Å². The van der Waals surface area contributed by atoms with Crippen LogP contribution in [0.4, 0.5) is 0 Å². The van der Waals surface area contributed by atoms with Crippen molar-refractivity contribution in [3.63, 3.8) is 0 Å². The van der Waals surface area contributed by atoms with Crippen LogP contribution in [-0.4, -0.2) is 55.6 Å². The van der Waals surface area contributed by atoms with E-state index in [4.69, 9.17) is 5.73 Å². The van der Waals surface area contributed by atoms with E-state index in [1.165, 1.54) is 68.3 Å². The highest BCUT2D eigenvalue weighted by Gasteiger charge is 2.20. The Kier molecular flexibility index (Phi) is 6.85. The van der Waals surface area contributed by atoms with Crippen molar-refractivity contribution in [2.24, 2.45) is 5.73 Å². The lowest BCUT2D eigenvalue weighted by molar-refractivity contribution is 0.125. The summed E-state index contributed by atoms with van der Waals surface area (Å²) in [7, 11) is 0. The van der Waals surface area contributed by atoms with Crippen LogP contribution in [0, 0.1) is 0 Å². The van der Waals surface area contributed by atoms with Gasteiger partial charge in [0.05, 0.1) is 0 Å². The van der Waals surface area contributed by atoms with E-state index >= 15 is 0 Å². The minimum atomic E-state index is 0.427. The summed E-state index contributed by atoms with van der Waals surface area (Å²) in [4.78, 5) is 5.22.